The molecule has 1 nitrogen and oxygen atoms in total. The third-order valence-electron chi connectivity index (χ3n) is 3.14. The Morgan fingerprint density at radius 1 is 1.25 bits per heavy atom. The van der Waals surface area contributed by atoms with Crippen molar-refractivity contribution in [3.63, 3.8) is 0 Å². The molecule has 0 amide bonds. The Balaban J connectivity index is 2.31. The molecule has 1 N–H and O–H groups in total. The number of hydrogen-bond acceptors (Lipinski definition) is 1. The fraction of sp³-hybridized carbons (Fsp3) is 0.200. The minimum absolute atomic E-state index is 0.298. The number of likely N-dealkylation sites (N-methyl/N-ethyl adjacent to an activating group) is 1. The van der Waals surface area contributed by atoms with E-state index in [2.05, 4.69) is 21.2 Å². The van der Waals surface area contributed by atoms with Gasteiger partial charge in [-0.05, 0) is 37.2 Å². The molecule has 106 valence electrons. The summed E-state index contributed by atoms with van der Waals surface area (Å²) in [4.78, 5) is 0. The summed E-state index contributed by atoms with van der Waals surface area (Å²) in [6, 6.07) is 9.37. The zero-order valence-electron chi connectivity index (χ0n) is 10.8. The summed E-state index contributed by atoms with van der Waals surface area (Å²) < 4.78 is 28.0. The van der Waals surface area contributed by atoms with Crippen molar-refractivity contribution in [2.75, 3.05) is 7.05 Å². The molecule has 0 radical (unpaired) electrons. The monoisotopic (exact) mass is 359 g/mol. The fourth-order valence-electron chi connectivity index (χ4n) is 2.06. The first-order valence-electron chi connectivity index (χ1n) is 6.08. The second-order valence-electron chi connectivity index (χ2n) is 4.42. The van der Waals surface area contributed by atoms with Crippen LogP contribution in [0.5, 0.6) is 0 Å². The van der Waals surface area contributed by atoms with Gasteiger partial charge in [0.15, 0.2) is 11.6 Å². The van der Waals surface area contributed by atoms with Crippen molar-refractivity contribution in [3.05, 3.63) is 68.7 Å². The summed E-state index contributed by atoms with van der Waals surface area (Å²) in [6.07, 6.45) is 0.475. The minimum Gasteiger partial charge on any atom is -0.313 e. The van der Waals surface area contributed by atoms with E-state index in [0.29, 0.717) is 17.0 Å². The summed E-state index contributed by atoms with van der Waals surface area (Å²) >= 11 is 9.50. The third-order valence-corrected chi connectivity index (χ3v) is 3.99. The maximum Gasteiger partial charge on any atom is 0.163 e. The number of hydrogen-bond donors (Lipinski definition) is 1. The van der Waals surface area contributed by atoms with E-state index in [1.165, 1.54) is 6.07 Å². The van der Waals surface area contributed by atoms with Gasteiger partial charge in [-0.25, -0.2) is 8.78 Å². The van der Waals surface area contributed by atoms with Crippen LogP contribution in [0.3, 0.4) is 0 Å². The van der Waals surface area contributed by atoms with E-state index in [-0.39, 0.29) is 6.04 Å². The smallest absolute Gasteiger partial charge is 0.163 e. The zero-order chi connectivity index (χ0) is 14.7. The molecule has 0 spiro atoms. The Hall–Kier alpha value is -0.970. The first-order chi connectivity index (χ1) is 9.52. The average Bonchev–Trinajstić information content (AvgIpc) is 2.42. The summed E-state index contributed by atoms with van der Waals surface area (Å²) in [5.74, 6) is -1.66. The van der Waals surface area contributed by atoms with Gasteiger partial charge in [-0.15, -0.1) is 0 Å². The number of halogens is 4. The molecule has 0 saturated carbocycles. The van der Waals surface area contributed by atoms with Gasteiger partial charge in [-0.2, -0.15) is 0 Å². The molecule has 2 aromatic rings. The average molecular weight is 361 g/mol. The van der Waals surface area contributed by atoms with Crippen molar-refractivity contribution in [2.24, 2.45) is 0 Å². The van der Waals surface area contributed by atoms with E-state index in [9.17, 15) is 8.78 Å². The molecule has 0 aliphatic rings. The summed E-state index contributed by atoms with van der Waals surface area (Å²) in [7, 11) is 1.71. The zero-order valence-corrected chi connectivity index (χ0v) is 13.1. The first kappa shape index (κ1) is 15.4. The van der Waals surface area contributed by atoms with Gasteiger partial charge in [-0.3, -0.25) is 0 Å². The van der Waals surface area contributed by atoms with Crippen molar-refractivity contribution in [2.45, 2.75) is 12.5 Å². The normalized spacial score (nSPS) is 12.4. The molecule has 2 rings (SSSR count). The molecule has 1 atom stereocenters. The topological polar surface area (TPSA) is 12.0 Å². The van der Waals surface area contributed by atoms with Crippen LogP contribution in [0.1, 0.15) is 17.2 Å². The van der Waals surface area contributed by atoms with Crippen LogP contribution in [0, 0.1) is 11.6 Å². The predicted molar refractivity (Wildman–Crippen MR) is 81.0 cm³/mol. The lowest BCUT2D eigenvalue weighted by molar-refractivity contribution is 0.473. The van der Waals surface area contributed by atoms with E-state index in [1.807, 2.05) is 12.1 Å². The molecule has 20 heavy (non-hydrogen) atoms. The SMILES string of the molecule is CNC(Cc1ccc(Br)cc1Cl)c1cccc(F)c1F. The second-order valence-corrected chi connectivity index (χ2v) is 5.75. The van der Waals surface area contributed by atoms with E-state index >= 15 is 0 Å². The second kappa shape index (κ2) is 6.66. The van der Waals surface area contributed by atoms with Crippen molar-refractivity contribution in [1.82, 2.24) is 5.32 Å². The van der Waals surface area contributed by atoms with Gasteiger partial charge in [0, 0.05) is 21.1 Å². The summed E-state index contributed by atoms with van der Waals surface area (Å²) in [5.41, 5.74) is 1.17. The van der Waals surface area contributed by atoms with Crippen LogP contribution >= 0.6 is 27.5 Å². The third kappa shape index (κ3) is 3.37. The summed E-state index contributed by atoms with van der Waals surface area (Å²) in [5, 5.41) is 3.59. The Morgan fingerprint density at radius 2 is 2.00 bits per heavy atom. The van der Waals surface area contributed by atoms with Gasteiger partial charge in [0.2, 0.25) is 0 Å². The van der Waals surface area contributed by atoms with E-state index in [0.717, 1.165) is 16.1 Å². The van der Waals surface area contributed by atoms with Gasteiger partial charge in [-0.1, -0.05) is 45.7 Å². The van der Waals surface area contributed by atoms with Crippen LogP contribution in [0.25, 0.3) is 0 Å². The predicted octanol–water partition coefficient (Wildman–Crippen LogP) is 4.88. The molecule has 0 bridgehead atoms. The molecular formula is C15H13BrClF2N. The highest BCUT2D eigenvalue weighted by atomic mass is 79.9. The standard InChI is InChI=1S/C15H13BrClF2N/c1-20-14(11-3-2-4-13(18)15(11)19)7-9-5-6-10(16)8-12(9)17/h2-6,8,14,20H,7H2,1H3. The molecule has 0 aliphatic heterocycles. The van der Waals surface area contributed by atoms with Gasteiger partial charge < -0.3 is 5.32 Å². The number of rotatable bonds is 4. The lowest BCUT2D eigenvalue weighted by atomic mass is 9.98. The van der Waals surface area contributed by atoms with E-state index in [4.69, 9.17) is 11.6 Å². The van der Waals surface area contributed by atoms with Gasteiger partial charge in [0.25, 0.3) is 0 Å². The molecule has 0 heterocycles. The van der Waals surface area contributed by atoms with Crippen molar-refractivity contribution >= 4 is 27.5 Å². The lowest BCUT2D eigenvalue weighted by Crippen LogP contribution is -2.20. The molecule has 0 aliphatic carbocycles. The Morgan fingerprint density at radius 3 is 2.65 bits per heavy atom. The summed E-state index contributed by atoms with van der Waals surface area (Å²) in [6.45, 7) is 0. The maximum absolute atomic E-state index is 13.9. The Kier molecular flexibility index (Phi) is 5.13. The van der Waals surface area contributed by atoms with Crippen molar-refractivity contribution < 1.29 is 8.78 Å². The Labute approximate surface area is 130 Å². The molecule has 0 saturated heterocycles. The highest BCUT2D eigenvalue weighted by Crippen LogP contribution is 2.27. The fourth-order valence-corrected chi connectivity index (χ4v) is 2.81. The largest absolute Gasteiger partial charge is 0.313 e. The first-order valence-corrected chi connectivity index (χ1v) is 7.25. The molecule has 1 unspecified atom stereocenters. The van der Waals surface area contributed by atoms with E-state index < -0.39 is 11.6 Å². The van der Waals surface area contributed by atoms with Crippen LogP contribution < -0.4 is 5.32 Å². The van der Waals surface area contributed by atoms with Crippen LogP contribution in [0.4, 0.5) is 8.78 Å². The quantitative estimate of drug-likeness (QED) is 0.819. The van der Waals surface area contributed by atoms with Gasteiger partial charge in [0.1, 0.15) is 0 Å². The van der Waals surface area contributed by atoms with E-state index in [1.54, 1.807) is 19.2 Å². The lowest BCUT2D eigenvalue weighted by Gasteiger charge is -2.18. The Bertz CT molecular complexity index is 619. The van der Waals surface area contributed by atoms with Gasteiger partial charge >= 0.3 is 0 Å². The molecule has 0 fully saturated rings. The molecular weight excluding hydrogens is 348 g/mol. The minimum atomic E-state index is -0.843. The van der Waals surface area contributed by atoms with Crippen molar-refractivity contribution in [3.8, 4) is 0 Å². The van der Waals surface area contributed by atoms with Crippen molar-refractivity contribution in [1.29, 1.82) is 0 Å². The van der Waals surface area contributed by atoms with Crippen LogP contribution in [0.2, 0.25) is 5.02 Å². The maximum atomic E-state index is 13.9. The number of nitrogens with one attached hydrogen (secondary N) is 1. The van der Waals surface area contributed by atoms with Crippen LogP contribution in [0.15, 0.2) is 40.9 Å². The highest BCUT2D eigenvalue weighted by Gasteiger charge is 2.18. The molecule has 0 aromatic heterocycles. The number of benzene rings is 2. The van der Waals surface area contributed by atoms with Crippen LogP contribution in [-0.2, 0) is 6.42 Å². The molecule has 5 heteroatoms. The highest BCUT2D eigenvalue weighted by molar-refractivity contribution is 9.10. The molecule has 2 aromatic carbocycles. The van der Waals surface area contributed by atoms with Crippen LogP contribution in [-0.4, -0.2) is 7.05 Å². The van der Waals surface area contributed by atoms with Gasteiger partial charge in [0.05, 0.1) is 0 Å².